The Hall–Kier alpha value is -2.32. The Bertz CT molecular complexity index is 798. The third-order valence-electron chi connectivity index (χ3n) is 5.43. The Kier molecular flexibility index (Phi) is 3.45. The van der Waals surface area contributed by atoms with Gasteiger partial charge in [0.15, 0.2) is 0 Å². The van der Waals surface area contributed by atoms with Crippen molar-refractivity contribution >= 4 is 23.4 Å². The van der Waals surface area contributed by atoms with Gasteiger partial charge in [0.25, 0.3) is 0 Å². The van der Waals surface area contributed by atoms with E-state index in [0.717, 1.165) is 4.90 Å². The zero-order valence-corrected chi connectivity index (χ0v) is 13.8. The number of rotatable bonds is 3. The maximum atomic E-state index is 13.8. The second kappa shape index (κ2) is 5.34. The van der Waals surface area contributed by atoms with E-state index in [2.05, 4.69) is 10.6 Å². The van der Waals surface area contributed by atoms with Gasteiger partial charge in [0, 0.05) is 24.4 Å². The zero-order chi connectivity index (χ0) is 17.9. The van der Waals surface area contributed by atoms with E-state index >= 15 is 0 Å². The number of ether oxygens (including phenoxy) is 1. The molecular weight excluding hydrogens is 329 g/mol. The number of methoxy groups -OCH3 is 1. The van der Waals surface area contributed by atoms with Gasteiger partial charge < -0.3 is 10.1 Å². The molecule has 132 valence electrons. The monoisotopic (exact) mass is 347 g/mol. The third kappa shape index (κ3) is 1.95. The summed E-state index contributed by atoms with van der Waals surface area (Å²) in [7, 11) is 1.49. The maximum absolute atomic E-state index is 13.8. The van der Waals surface area contributed by atoms with E-state index in [1.54, 1.807) is 6.92 Å². The summed E-state index contributed by atoms with van der Waals surface area (Å²) in [5.41, 5.74) is -0.579. The molecular formula is C17H18FN3O4. The number of imide groups is 1. The summed E-state index contributed by atoms with van der Waals surface area (Å²) in [5, 5.41) is 5.83. The average molecular weight is 347 g/mol. The molecule has 3 aliphatic rings. The van der Waals surface area contributed by atoms with Gasteiger partial charge in [-0.1, -0.05) is 0 Å². The quantitative estimate of drug-likeness (QED) is 0.764. The van der Waals surface area contributed by atoms with Gasteiger partial charge in [0.1, 0.15) is 11.4 Å². The minimum absolute atomic E-state index is 0.140. The van der Waals surface area contributed by atoms with Crippen LogP contribution >= 0.6 is 0 Å². The van der Waals surface area contributed by atoms with Crippen molar-refractivity contribution in [3.8, 4) is 0 Å². The zero-order valence-electron chi connectivity index (χ0n) is 13.8. The second-order valence-corrected chi connectivity index (χ2v) is 6.71. The standard InChI is InChI=1S/C17H18FN3O4/c1-8-12-13(15(23)21(14(12)22)5-6-25-2)17(20-8)10-7-9(18)3-4-11(10)19-16(17)24/h3-4,7-8,12-13,20H,5-6H2,1-2H3,(H,19,24)/t8-,12+,13-,17+/m0/s1. The summed E-state index contributed by atoms with van der Waals surface area (Å²) < 4.78 is 18.8. The van der Waals surface area contributed by atoms with Gasteiger partial charge in [-0.15, -0.1) is 0 Å². The number of amides is 3. The van der Waals surface area contributed by atoms with Gasteiger partial charge in [0.2, 0.25) is 17.7 Å². The maximum Gasteiger partial charge on any atom is 0.250 e. The van der Waals surface area contributed by atoms with Crippen LogP contribution in [0.2, 0.25) is 0 Å². The third-order valence-corrected chi connectivity index (χ3v) is 5.43. The fraction of sp³-hybridized carbons (Fsp3) is 0.471. The van der Waals surface area contributed by atoms with E-state index in [-0.39, 0.29) is 19.1 Å². The van der Waals surface area contributed by atoms with Crippen LogP contribution in [0.15, 0.2) is 18.2 Å². The number of benzene rings is 1. The molecule has 1 spiro atoms. The van der Waals surface area contributed by atoms with E-state index in [9.17, 15) is 18.8 Å². The van der Waals surface area contributed by atoms with Crippen LogP contribution in [0.25, 0.3) is 0 Å². The van der Waals surface area contributed by atoms with Crippen LogP contribution in [-0.2, 0) is 24.7 Å². The van der Waals surface area contributed by atoms with Crippen LogP contribution in [0.1, 0.15) is 12.5 Å². The molecule has 7 nitrogen and oxygen atoms in total. The first-order valence-corrected chi connectivity index (χ1v) is 8.15. The molecule has 3 heterocycles. The molecule has 1 aromatic carbocycles. The molecule has 0 bridgehead atoms. The van der Waals surface area contributed by atoms with Gasteiger partial charge >= 0.3 is 0 Å². The lowest BCUT2D eigenvalue weighted by Gasteiger charge is -2.29. The number of nitrogens with zero attached hydrogens (tertiary/aromatic N) is 1. The molecule has 2 fully saturated rings. The highest BCUT2D eigenvalue weighted by atomic mass is 19.1. The van der Waals surface area contributed by atoms with Crippen LogP contribution in [0.3, 0.4) is 0 Å². The van der Waals surface area contributed by atoms with Crippen molar-refractivity contribution in [1.82, 2.24) is 10.2 Å². The Balaban J connectivity index is 1.83. The molecule has 4 rings (SSSR count). The van der Waals surface area contributed by atoms with E-state index in [4.69, 9.17) is 4.74 Å². The van der Waals surface area contributed by atoms with Crippen molar-refractivity contribution < 1.29 is 23.5 Å². The summed E-state index contributed by atoms with van der Waals surface area (Å²) in [6.07, 6.45) is 0. The SMILES string of the molecule is COCCN1C(=O)[C@@H]2[C@H](C)N[C@@]3(C(=O)Nc4ccc(F)cc43)[C@@H]2C1=O. The lowest BCUT2D eigenvalue weighted by molar-refractivity contribution is -0.143. The molecule has 0 radical (unpaired) electrons. The number of carbonyl (C=O) groups is 3. The molecule has 2 N–H and O–H groups in total. The molecule has 1 aromatic rings. The molecule has 4 atom stereocenters. The van der Waals surface area contributed by atoms with E-state index in [0.29, 0.717) is 11.3 Å². The molecule has 0 aliphatic carbocycles. The highest BCUT2D eigenvalue weighted by molar-refractivity contribution is 6.15. The molecule has 3 aliphatic heterocycles. The van der Waals surface area contributed by atoms with Crippen LogP contribution < -0.4 is 10.6 Å². The molecule has 25 heavy (non-hydrogen) atoms. The van der Waals surface area contributed by atoms with E-state index < -0.39 is 41.0 Å². The summed E-state index contributed by atoms with van der Waals surface area (Å²) in [4.78, 5) is 39.7. The Morgan fingerprint density at radius 2 is 2.04 bits per heavy atom. The summed E-state index contributed by atoms with van der Waals surface area (Å²) in [6, 6.07) is 3.58. The van der Waals surface area contributed by atoms with Crippen molar-refractivity contribution in [2.45, 2.75) is 18.5 Å². The number of fused-ring (bicyclic) bond motifs is 4. The molecule has 0 saturated carbocycles. The normalized spacial score (nSPS) is 33.2. The lowest BCUT2D eigenvalue weighted by atomic mass is 9.76. The van der Waals surface area contributed by atoms with Crippen molar-refractivity contribution in [3.63, 3.8) is 0 Å². The molecule has 0 unspecified atom stereocenters. The van der Waals surface area contributed by atoms with E-state index in [1.165, 1.54) is 25.3 Å². The second-order valence-electron chi connectivity index (χ2n) is 6.71. The average Bonchev–Trinajstić information content (AvgIpc) is 3.12. The summed E-state index contributed by atoms with van der Waals surface area (Å²) in [5.74, 6) is -3.22. The highest BCUT2D eigenvalue weighted by Crippen LogP contribution is 2.52. The largest absolute Gasteiger partial charge is 0.383 e. The number of anilines is 1. The van der Waals surface area contributed by atoms with Gasteiger partial charge in [0.05, 0.1) is 25.0 Å². The number of halogens is 1. The van der Waals surface area contributed by atoms with Crippen molar-refractivity contribution in [2.75, 3.05) is 25.6 Å². The van der Waals surface area contributed by atoms with Gasteiger partial charge in [-0.3, -0.25) is 24.6 Å². The van der Waals surface area contributed by atoms with Crippen LogP contribution in [-0.4, -0.2) is 48.9 Å². The Labute approximate surface area is 143 Å². The van der Waals surface area contributed by atoms with Crippen molar-refractivity contribution in [2.24, 2.45) is 11.8 Å². The first-order chi connectivity index (χ1) is 11.9. The van der Waals surface area contributed by atoms with Crippen LogP contribution in [0.4, 0.5) is 10.1 Å². The first kappa shape index (κ1) is 16.2. The number of hydrogen-bond donors (Lipinski definition) is 2. The lowest BCUT2D eigenvalue weighted by Crippen LogP contribution is -2.53. The molecule has 0 aromatic heterocycles. The number of carbonyl (C=O) groups excluding carboxylic acids is 3. The minimum atomic E-state index is -1.42. The topological polar surface area (TPSA) is 87.7 Å². The highest BCUT2D eigenvalue weighted by Gasteiger charge is 2.69. The van der Waals surface area contributed by atoms with Crippen molar-refractivity contribution in [3.05, 3.63) is 29.6 Å². The van der Waals surface area contributed by atoms with Gasteiger partial charge in [-0.05, 0) is 25.1 Å². The smallest absolute Gasteiger partial charge is 0.250 e. The summed E-state index contributed by atoms with van der Waals surface area (Å²) in [6.45, 7) is 2.13. The number of likely N-dealkylation sites (tertiary alicyclic amines) is 1. The van der Waals surface area contributed by atoms with Crippen molar-refractivity contribution in [1.29, 1.82) is 0 Å². The molecule has 3 amide bonds. The fourth-order valence-corrected chi connectivity index (χ4v) is 4.40. The molecule has 2 saturated heterocycles. The van der Waals surface area contributed by atoms with Gasteiger partial charge in [-0.25, -0.2) is 4.39 Å². The number of nitrogens with one attached hydrogen (secondary N) is 2. The Morgan fingerprint density at radius 3 is 2.76 bits per heavy atom. The fourth-order valence-electron chi connectivity index (χ4n) is 4.40. The predicted octanol–water partition coefficient (Wildman–Crippen LogP) is 0.212. The summed E-state index contributed by atoms with van der Waals surface area (Å²) >= 11 is 0. The van der Waals surface area contributed by atoms with Crippen LogP contribution in [0, 0.1) is 17.7 Å². The minimum Gasteiger partial charge on any atom is -0.383 e. The predicted molar refractivity (Wildman–Crippen MR) is 84.9 cm³/mol. The van der Waals surface area contributed by atoms with Gasteiger partial charge in [-0.2, -0.15) is 0 Å². The first-order valence-electron chi connectivity index (χ1n) is 8.15. The molecule has 8 heteroatoms. The van der Waals surface area contributed by atoms with Crippen LogP contribution in [0.5, 0.6) is 0 Å². The number of hydrogen-bond acceptors (Lipinski definition) is 5. The Morgan fingerprint density at radius 1 is 1.28 bits per heavy atom. The van der Waals surface area contributed by atoms with E-state index in [1.807, 2.05) is 0 Å².